The van der Waals surface area contributed by atoms with Crippen molar-refractivity contribution in [3.8, 4) is 0 Å². The largest absolute Gasteiger partial charge is 0.478 e. The topological polar surface area (TPSA) is 92.8 Å². The molecule has 0 aliphatic carbocycles. The van der Waals surface area contributed by atoms with E-state index in [2.05, 4.69) is 14.4 Å². The lowest BCUT2D eigenvalue weighted by Gasteiger charge is -2.36. The Morgan fingerprint density at radius 3 is 2.63 bits per heavy atom. The van der Waals surface area contributed by atoms with Gasteiger partial charge in [0.25, 0.3) is 5.56 Å². The van der Waals surface area contributed by atoms with Crippen LogP contribution in [0.15, 0.2) is 59.5 Å². The van der Waals surface area contributed by atoms with Gasteiger partial charge in [-0.25, -0.2) is 14.2 Å². The molecule has 2 aliphatic rings. The number of piperazine rings is 1. The molecule has 0 saturated carbocycles. The number of fused-ring (bicyclic) bond motifs is 1. The zero-order valence-corrected chi connectivity index (χ0v) is 23.3. The highest BCUT2D eigenvalue weighted by Gasteiger charge is 2.25. The molecule has 0 radical (unpaired) electrons. The van der Waals surface area contributed by atoms with Gasteiger partial charge < -0.3 is 23.9 Å². The molecule has 4 heterocycles. The third-order valence-electron chi connectivity index (χ3n) is 7.97. The van der Waals surface area contributed by atoms with E-state index in [0.29, 0.717) is 55.4 Å². The van der Waals surface area contributed by atoms with E-state index < -0.39 is 5.97 Å². The highest BCUT2D eigenvalue weighted by atomic mass is 35.5. The highest BCUT2D eigenvalue weighted by Crippen LogP contribution is 2.24. The van der Waals surface area contributed by atoms with Crippen LogP contribution in [0.3, 0.4) is 0 Å². The second kappa shape index (κ2) is 11.6. The van der Waals surface area contributed by atoms with Crippen LogP contribution in [-0.4, -0.2) is 69.0 Å². The summed E-state index contributed by atoms with van der Waals surface area (Å²) in [4.78, 5) is 34.1. The maximum absolute atomic E-state index is 14.2. The number of hydrogen-bond donors (Lipinski definition) is 1. The van der Waals surface area contributed by atoms with Crippen LogP contribution < -0.4 is 10.5 Å². The zero-order valence-electron chi connectivity index (χ0n) is 22.5. The molecule has 41 heavy (non-hydrogen) atoms. The number of pyridine rings is 1. The lowest BCUT2D eigenvalue weighted by molar-refractivity contribution is -0.0592. The molecule has 0 unspecified atom stereocenters. The second-order valence-corrected chi connectivity index (χ2v) is 11.0. The number of aromatic nitrogens is 3. The molecular weight excluding hydrogens is 549 g/mol. The molecule has 2 aliphatic heterocycles. The Kier molecular flexibility index (Phi) is 7.79. The van der Waals surface area contributed by atoms with Crippen molar-refractivity contribution in [2.24, 2.45) is 0 Å². The first-order chi connectivity index (χ1) is 19.9. The SMILES string of the molecule is O=C(O)c1ccc2nc(CN3CCN(c4cccn(CCc5ccc(Cl)cc5F)c4=O)CC3)n(C[C@@H]3CCO3)c2c1. The van der Waals surface area contributed by atoms with E-state index in [1.807, 2.05) is 12.1 Å². The van der Waals surface area contributed by atoms with Gasteiger partial charge in [-0.1, -0.05) is 17.7 Å². The van der Waals surface area contributed by atoms with Gasteiger partial charge in [-0.05, 0) is 60.9 Å². The monoisotopic (exact) mass is 579 g/mol. The van der Waals surface area contributed by atoms with Gasteiger partial charge in [-0.3, -0.25) is 9.69 Å². The number of carboxylic acid groups (broad SMARTS) is 1. The summed E-state index contributed by atoms with van der Waals surface area (Å²) in [5.74, 6) is -0.453. The minimum atomic E-state index is -0.964. The normalized spacial score (nSPS) is 17.6. The van der Waals surface area contributed by atoms with Crippen molar-refractivity contribution < 1.29 is 19.0 Å². The van der Waals surface area contributed by atoms with Crippen molar-refractivity contribution in [1.29, 1.82) is 0 Å². The zero-order chi connectivity index (χ0) is 28.5. The summed E-state index contributed by atoms with van der Waals surface area (Å²) >= 11 is 5.86. The lowest BCUT2D eigenvalue weighted by atomic mass is 10.1. The van der Waals surface area contributed by atoms with E-state index in [9.17, 15) is 19.1 Å². The molecule has 6 rings (SSSR count). The van der Waals surface area contributed by atoms with E-state index in [0.717, 1.165) is 43.0 Å². The van der Waals surface area contributed by atoms with Crippen LogP contribution in [0.1, 0.15) is 28.2 Å². The fourth-order valence-corrected chi connectivity index (χ4v) is 5.67. The molecule has 2 aromatic carbocycles. The number of rotatable bonds is 9. The number of hydrogen-bond acceptors (Lipinski definition) is 6. The first kappa shape index (κ1) is 27.4. The quantitative estimate of drug-likeness (QED) is 0.320. The summed E-state index contributed by atoms with van der Waals surface area (Å²) < 4.78 is 23.6. The van der Waals surface area contributed by atoms with Crippen LogP contribution in [0.25, 0.3) is 11.0 Å². The number of nitrogens with zero attached hydrogens (tertiary/aromatic N) is 5. The molecule has 2 fully saturated rings. The first-order valence-electron chi connectivity index (χ1n) is 13.8. The number of carbonyl (C=O) groups is 1. The maximum Gasteiger partial charge on any atom is 0.335 e. The van der Waals surface area contributed by atoms with Gasteiger partial charge in [0.1, 0.15) is 17.3 Å². The van der Waals surface area contributed by atoms with Crippen molar-refractivity contribution in [3.05, 3.63) is 92.9 Å². The molecule has 11 heteroatoms. The molecule has 2 aromatic heterocycles. The summed E-state index contributed by atoms with van der Waals surface area (Å²) in [6, 6.07) is 13.3. The number of anilines is 1. The minimum absolute atomic E-state index is 0.0909. The Morgan fingerprint density at radius 2 is 1.93 bits per heavy atom. The predicted molar refractivity (Wildman–Crippen MR) is 154 cm³/mol. The van der Waals surface area contributed by atoms with Gasteiger partial charge in [0, 0.05) is 50.6 Å². The van der Waals surface area contributed by atoms with E-state index >= 15 is 0 Å². The summed E-state index contributed by atoms with van der Waals surface area (Å²) in [7, 11) is 0. The molecule has 9 nitrogen and oxygen atoms in total. The van der Waals surface area contributed by atoms with E-state index in [-0.39, 0.29) is 23.0 Å². The number of carboxylic acids is 1. The van der Waals surface area contributed by atoms with Gasteiger partial charge in [0.2, 0.25) is 0 Å². The number of benzene rings is 2. The summed E-state index contributed by atoms with van der Waals surface area (Å²) in [6.45, 7) is 5.22. The van der Waals surface area contributed by atoms with E-state index in [4.69, 9.17) is 21.3 Å². The number of aromatic carboxylic acids is 1. The minimum Gasteiger partial charge on any atom is -0.478 e. The Morgan fingerprint density at radius 1 is 1.12 bits per heavy atom. The van der Waals surface area contributed by atoms with Crippen LogP contribution in [0.5, 0.6) is 0 Å². The number of halogens is 2. The Labute approximate surface area is 241 Å². The standard InChI is InChI=1S/C30H31ClFN5O4/c31-22-5-3-20(24(32)17-22)7-10-36-9-1-2-26(29(36)38)35-13-11-34(12-14-35)19-28-33-25-6-4-21(30(39)40)16-27(25)37(28)18-23-8-15-41-23/h1-6,9,16-17,23H,7-8,10-15,18-19H2,(H,39,40)/t23-/m0/s1. The van der Waals surface area contributed by atoms with Crippen molar-refractivity contribution in [3.63, 3.8) is 0 Å². The molecule has 0 spiro atoms. The van der Waals surface area contributed by atoms with Crippen molar-refractivity contribution in [1.82, 2.24) is 19.0 Å². The van der Waals surface area contributed by atoms with E-state index in [1.165, 1.54) is 6.07 Å². The smallest absolute Gasteiger partial charge is 0.335 e. The van der Waals surface area contributed by atoms with Crippen LogP contribution in [0.4, 0.5) is 10.1 Å². The summed E-state index contributed by atoms with van der Waals surface area (Å²) in [6.07, 6.45) is 3.20. The molecule has 2 saturated heterocycles. The Hall–Kier alpha value is -3.73. The second-order valence-electron chi connectivity index (χ2n) is 10.6. The van der Waals surface area contributed by atoms with Crippen molar-refractivity contribution >= 4 is 34.3 Å². The van der Waals surface area contributed by atoms with E-state index in [1.54, 1.807) is 41.1 Å². The molecule has 4 aromatic rings. The maximum atomic E-state index is 14.2. The van der Waals surface area contributed by atoms with Gasteiger partial charge in [0.05, 0.1) is 35.8 Å². The predicted octanol–water partition coefficient (Wildman–Crippen LogP) is 4.04. The van der Waals surface area contributed by atoms with Gasteiger partial charge >= 0.3 is 5.97 Å². The average molecular weight is 580 g/mol. The van der Waals surface area contributed by atoms with Crippen LogP contribution in [0.2, 0.25) is 5.02 Å². The fraction of sp³-hybridized carbons (Fsp3) is 0.367. The van der Waals surface area contributed by atoms with Crippen LogP contribution >= 0.6 is 11.6 Å². The number of imidazole rings is 1. The van der Waals surface area contributed by atoms with Crippen molar-refractivity contribution in [2.45, 2.75) is 38.6 Å². The fourth-order valence-electron chi connectivity index (χ4n) is 5.52. The summed E-state index contributed by atoms with van der Waals surface area (Å²) in [5.41, 5.74) is 2.88. The molecule has 214 valence electrons. The van der Waals surface area contributed by atoms with Crippen LogP contribution in [0, 0.1) is 5.82 Å². The van der Waals surface area contributed by atoms with Crippen molar-refractivity contribution in [2.75, 3.05) is 37.7 Å². The van der Waals surface area contributed by atoms with Crippen LogP contribution in [-0.2, 0) is 30.8 Å². The van der Waals surface area contributed by atoms with Gasteiger partial charge in [-0.15, -0.1) is 0 Å². The Balaban J connectivity index is 1.13. The number of aryl methyl sites for hydroxylation is 2. The van der Waals surface area contributed by atoms with Gasteiger partial charge in [-0.2, -0.15) is 0 Å². The molecule has 0 amide bonds. The lowest BCUT2D eigenvalue weighted by Crippen LogP contribution is -2.48. The molecular formula is C30H31ClFN5O4. The first-order valence-corrected chi connectivity index (χ1v) is 14.2. The third kappa shape index (κ3) is 5.86. The summed E-state index contributed by atoms with van der Waals surface area (Å²) in [5, 5.41) is 9.84. The molecule has 0 bridgehead atoms. The Bertz CT molecular complexity index is 1640. The van der Waals surface area contributed by atoms with Gasteiger partial charge in [0.15, 0.2) is 0 Å². The average Bonchev–Trinajstić information content (AvgIpc) is 3.27. The third-order valence-corrected chi connectivity index (χ3v) is 8.20. The molecule has 1 atom stereocenters. The highest BCUT2D eigenvalue weighted by molar-refractivity contribution is 6.30. The number of ether oxygens (including phenoxy) is 1. The molecule has 1 N–H and O–H groups in total.